The Hall–Kier alpha value is -2.87. The van der Waals surface area contributed by atoms with Crippen molar-refractivity contribution in [1.29, 1.82) is 0 Å². The summed E-state index contributed by atoms with van der Waals surface area (Å²) in [6.45, 7) is 4.72. The number of hydrogen-bond donors (Lipinski definition) is 4. The van der Waals surface area contributed by atoms with Crippen LogP contribution in [-0.2, 0) is 23.4 Å². The fourth-order valence-corrected chi connectivity index (χ4v) is 5.26. The fraction of sp³-hybridized carbons (Fsp3) is 0.522. The maximum Gasteiger partial charge on any atom is 0.459 e. The summed E-state index contributed by atoms with van der Waals surface area (Å²) in [5.41, 5.74) is -4.12. The van der Waals surface area contributed by atoms with Gasteiger partial charge in [-0.2, -0.15) is 5.09 Å². The van der Waals surface area contributed by atoms with E-state index in [2.05, 4.69) is 5.09 Å². The molecule has 3 rings (SSSR count). The molecule has 38 heavy (non-hydrogen) atoms. The van der Waals surface area contributed by atoms with Crippen LogP contribution in [0.1, 0.15) is 40.3 Å². The van der Waals surface area contributed by atoms with Crippen molar-refractivity contribution in [3.63, 3.8) is 0 Å². The van der Waals surface area contributed by atoms with Crippen LogP contribution < -0.4 is 20.9 Å². The topological polar surface area (TPSA) is 178 Å². The molecule has 0 spiro atoms. The van der Waals surface area contributed by atoms with E-state index < -0.39 is 67.5 Å². The van der Waals surface area contributed by atoms with Crippen molar-refractivity contribution in [3.05, 3.63) is 63.4 Å². The second kappa shape index (κ2) is 11.5. The monoisotopic (exact) mass is 559 g/mol. The van der Waals surface area contributed by atoms with E-state index in [4.69, 9.17) is 18.5 Å². The lowest BCUT2D eigenvalue weighted by Gasteiger charge is -2.31. The van der Waals surface area contributed by atoms with Gasteiger partial charge in [0.25, 0.3) is 11.4 Å². The number of nitrogens with zero attached hydrogens (tertiary/aromatic N) is 1. The molecule has 1 aromatic heterocycles. The number of para-hydroxylation sites is 1. The Balaban J connectivity index is 1.89. The first-order chi connectivity index (χ1) is 17.7. The number of aromatic nitrogens is 2. The number of ether oxygens (including phenoxy) is 2. The molecular weight excluding hydrogens is 528 g/mol. The molecule has 0 radical (unpaired) electrons. The Morgan fingerprint density at radius 1 is 1.26 bits per heavy atom. The molecule has 1 aliphatic heterocycles. The largest absolute Gasteiger partial charge is 0.462 e. The molecule has 0 bridgehead atoms. The Labute approximate surface area is 217 Å². The summed E-state index contributed by atoms with van der Waals surface area (Å²) in [6.07, 6.45) is -3.87. The number of esters is 1. The Morgan fingerprint density at radius 3 is 2.50 bits per heavy atom. The zero-order chi connectivity index (χ0) is 28.3. The molecule has 1 saturated heterocycles. The van der Waals surface area contributed by atoms with Crippen LogP contribution >= 0.6 is 7.75 Å². The second-order valence-electron chi connectivity index (χ2n) is 9.03. The van der Waals surface area contributed by atoms with Gasteiger partial charge in [-0.05, 0) is 39.3 Å². The van der Waals surface area contributed by atoms with Crippen LogP contribution in [0.15, 0.2) is 52.2 Å². The van der Waals surface area contributed by atoms with Gasteiger partial charge in [0.1, 0.15) is 30.1 Å². The highest BCUT2D eigenvalue weighted by Gasteiger charge is 2.65. The van der Waals surface area contributed by atoms with Crippen molar-refractivity contribution in [1.82, 2.24) is 14.6 Å². The number of nitrogens with one attached hydrogen (secondary N) is 2. The Bertz CT molecular complexity index is 1290. The van der Waals surface area contributed by atoms with Crippen LogP contribution in [-0.4, -0.2) is 62.0 Å². The van der Waals surface area contributed by atoms with E-state index in [1.807, 2.05) is 4.98 Å². The lowest BCUT2D eigenvalue weighted by Crippen LogP contribution is -2.51. The molecule has 6 unspecified atom stereocenters. The van der Waals surface area contributed by atoms with Crippen molar-refractivity contribution < 1.29 is 42.5 Å². The summed E-state index contributed by atoms with van der Waals surface area (Å²) in [5.74, 6) is -3.94. The summed E-state index contributed by atoms with van der Waals surface area (Å²) < 4.78 is 51.5. The molecule has 210 valence electrons. The number of rotatable bonds is 11. The number of H-pyrrole nitrogens is 1. The van der Waals surface area contributed by atoms with E-state index in [1.165, 1.54) is 26.0 Å². The Morgan fingerprint density at radius 2 is 1.92 bits per heavy atom. The van der Waals surface area contributed by atoms with Gasteiger partial charge >= 0.3 is 19.4 Å². The highest BCUT2D eigenvalue weighted by molar-refractivity contribution is 7.52. The summed E-state index contributed by atoms with van der Waals surface area (Å²) >= 11 is 0. The number of halogens is 1. The first kappa shape index (κ1) is 29.7. The number of aromatic amines is 1. The molecule has 0 saturated carbocycles. The number of alkyl halides is 1. The third-order valence-corrected chi connectivity index (χ3v) is 7.37. The van der Waals surface area contributed by atoms with E-state index in [-0.39, 0.29) is 12.2 Å². The number of aliphatic hydroxyl groups is 2. The zero-order valence-electron chi connectivity index (χ0n) is 21.2. The van der Waals surface area contributed by atoms with E-state index in [0.717, 1.165) is 12.3 Å². The van der Waals surface area contributed by atoms with Gasteiger partial charge in [0.2, 0.25) is 0 Å². The number of hydrogen-bond acceptors (Lipinski definition) is 10. The minimum absolute atomic E-state index is 0.0521. The molecule has 6 atom stereocenters. The highest BCUT2D eigenvalue weighted by atomic mass is 31.2. The molecular formula is C23H31FN3O10P. The van der Waals surface area contributed by atoms with Gasteiger partial charge in [-0.25, -0.2) is 13.8 Å². The third-order valence-electron chi connectivity index (χ3n) is 5.74. The number of benzene rings is 1. The SMILES string of the molecule is CCC1(O)C(n2ccc(=O)[nH]c2=O)OC(F)(COP(=O)(NC(C)C(=O)OC(C)C)Oc2ccccc2)C1O. The molecule has 1 aromatic carbocycles. The van der Waals surface area contributed by atoms with Crippen LogP contribution in [0.4, 0.5) is 4.39 Å². The minimum Gasteiger partial charge on any atom is -0.462 e. The minimum atomic E-state index is -4.55. The normalized spacial score (nSPS) is 27.6. The molecule has 13 nitrogen and oxygen atoms in total. The van der Waals surface area contributed by atoms with E-state index in [1.54, 1.807) is 32.0 Å². The van der Waals surface area contributed by atoms with Crippen molar-refractivity contribution in [2.45, 2.75) is 70.0 Å². The molecule has 4 N–H and O–H groups in total. The van der Waals surface area contributed by atoms with Gasteiger partial charge in [-0.15, -0.1) is 0 Å². The maximum absolute atomic E-state index is 16.0. The smallest absolute Gasteiger partial charge is 0.459 e. The lowest BCUT2D eigenvalue weighted by atomic mass is 9.90. The number of carbonyl (C=O) groups is 1. The Kier molecular flexibility index (Phi) is 8.97. The first-order valence-corrected chi connectivity index (χ1v) is 13.3. The molecule has 15 heteroatoms. The fourth-order valence-electron chi connectivity index (χ4n) is 3.76. The summed E-state index contributed by atoms with van der Waals surface area (Å²) in [5, 5.41) is 24.2. The maximum atomic E-state index is 16.0. The highest BCUT2D eigenvalue weighted by Crippen LogP contribution is 2.51. The summed E-state index contributed by atoms with van der Waals surface area (Å²) in [4.78, 5) is 38.0. The summed E-state index contributed by atoms with van der Waals surface area (Å²) in [7, 11) is -4.55. The van der Waals surface area contributed by atoms with Gasteiger partial charge in [0, 0.05) is 12.3 Å². The van der Waals surface area contributed by atoms with E-state index >= 15 is 4.39 Å². The molecule has 0 aliphatic carbocycles. The lowest BCUT2D eigenvalue weighted by molar-refractivity contribution is -0.204. The number of aliphatic hydroxyl groups excluding tert-OH is 1. The molecule has 1 aliphatic rings. The predicted octanol–water partition coefficient (Wildman–Crippen LogP) is 1.37. The standard InChI is InChI=1S/C23H31FN3O10P/c1-5-22(32)19(30)23(24,36-20(22)27-12-11-17(28)25-21(27)31)13-34-38(33,37-16-9-7-6-8-10-16)26-15(4)18(29)35-14(2)3/h6-12,14-15,19-20,30,32H,5,13H2,1-4H3,(H,26,33)(H,25,28,31). The third kappa shape index (κ3) is 6.40. The summed E-state index contributed by atoms with van der Waals surface area (Å²) in [6, 6.07) is 7.42. The van der Waals surface area contributed by atoms with Crippen LogP contribution in [0.5, 0.6) is 5.75 Å². The van der Waals surface area contributed by atoms with Crippen LogP contribution in [0, 0.1) is 0 Å². The molecule has 0 amide bonds. The molecule has 1 fully saturated rings. The van der Waals surface area contributed by atoms with Gasteiger partial charge in [-0.3, -0.25) is 23.7 Å². The number of carbonyl (C=O) groups excluding carboxylic acids is 1. The van der Waals surface area contributed by atoms with Crippen LogP contribution in [0.3, 0.4) is 0 Å². The quantitative estimate of drug-likeness (QED) is 0.231. The second-order valence-corrected chi connectivity index (χ2v) is 10.7. The molecule has 2 heterocycles. The van der Waals surface area contributed by atoms with Crippen molar-refractivity contribution in [3.8, 4) is 5.75 Å². The van der Waals surface area contributed by atoms with E-state index in [0.29, 0.717) is 4.57 Å². The average Bonchev–Trinajstić information content (AvgIpc) is 3.05. The molecule has 2 aromatic rings. The van der Waals surface area contributed by atoms with E-state index in [9.17, 15) is 29.2 Å². The van der Waals surface area contributed by atoms with Gasteiger partial charge in [-0.1, -0.05) is 25.1 Å². The van der Waals surface area contributed by atoms with Gasteiger partial charge in [0.05, 0.1) is 6.10 Å². The van der Waals surface area contributed by atoms with Crippen molar-refractivity contribution in [2.24, 2.45) is 0 Å². The van der Waals surface area contributed by atoms with Crippen molar-refractivity contribution >= 4 is 13.7 Å². The van der Waals surface area contributed by atoms with Gasteiger partial charge < -0.3 is 24.2 Å². The van der Waals surface area contributed by atoms with Crippen LogP contribution in [0.2, 0.25) is 0 Å². The predicted molar refractivity (Wildman–Crippen MR) is 131 cm³/mol. The average molecular weight is 559 g/mol. The first-order valence-electron chi connectivity index (χ1n) is 11.8. The van der Waals surface area contributed by atoms with Crippen LogP contribution in [0.25, 0.3) is 0 Å². The van der Waals surface area contributed by atoms with Gasteiger partial charge in [0.15, 0.2) is 6.23 Å². The van der Waals surface area contributed by atoms with Crippen molar-refractivity contribution in [2.75, 3.05) is 6.61 Å². The zero-order valence-corrected chi connectivity index (χ0v) is 22.1.